The highest BCUT2D eigenvalue weighted by atomic mass is 16.3. The van der Waals surface area contributed by atoms with Crippen molar-refractivity contribution < 1.29 is 9.21 Å². The molecule has 4 aromatic rings. The minimum atomic E-state index is -0.179. The summed E-state index contributed by atoms with van der Waals surface area (Å²) < 4.78 is 7.60. The van der Waals surface area contributed by atoms with Gasteiger partial charge in [0, 0.05) is 18.6 Å². The lowest BCUT2D eigenvalue weighted by molar-refractivity contribution is 0.0727. The molecule has 0 aliphatic heterocycles. The third-order valence-corrected chi connectivity index (χ3v) is 4.30. The maximum atomic E-state index is 12.8. The highest BCUT2D eigenvalue weighted by molar-refractivity contribution is 5.94. The summed E-state index contributed by atoms with van der Waals surface area (Å²) in [5.74, 6) is 0.677. The Labute approximate surface area is 138 Å². The number of benzene rings is 1. The molecule has 3 heterocycles. The predicted molar refractivity (Wildman–Crippen MR) is 89.7 cm³/mol. The van der Waals surface area contributed by atoms with E-state index >= 15 is 0 Å². The van der Waals surface area contributed by atoms with Gasteiger partial charge in [-0.3, -0.25) is 9.20 Å². The maximum absolute atomic E-state index is 12.8. The Kier molecular flexibility index (Phi) is 3.30. The van der Waals surface area contributed by atoms with Crippen molar-refractivity contribution in [3.63, 3.8) is 0 Å². The first-order valence-corrected chi connectivity index (χ1v) is 7.68. The van der Waals surface area contributed by atoms with Crippen molar-refractivity contribution in [2.75, 3.05) is 7.05 Å². The molecule has 0 spiro atoms. The molecule has 0 radical (unpaired) electrons. The maximum Gasteiger partial charge on any atom is 0.255 e. The molecule has 0 saturated carbocycles. The first kappa shape index (κ1) is 14.4. The lowest BCUT2D eigenvalue weighted by atomic mass is 10.1. The second-order valence-corrected chi connectivity index (χ2v) is 5.79. The van der Waals surface area contributed by atoms with Crippen molar-refractivity contribution >= 4 is 22.5 Å². The number of fused-ring (bicyclic) bond motifs is 2. The Morgan fingerprint density at radius 3 is 2.92 bits per heavy atom. The first-order valence-electron chi connectivity index (χ1n) is 7.68. The smallest absolute Gasteiger partial charge is 0.255 e. The van der Waals surface area contributed by atoms with Crippen LogP contribution in [0.15, 0.2) is 59.4 Å². The van der Waals surface area contributed by atoms with Crippen LogP contribution in [-0.4, -0.2) is 32.5 Å². The van der Waals surface area contributed by atoms with Crippen LogP contribution in [0.2, 0.25) is 0 Å². The molecule has 24 heavy (non-hydrogen) atoms. The molecule has 0 saturated heterocycles. The summed E-state index contributed by atoms with van der Waals surface area (Å²) >= 11 is 0. The van der Waals surface area contributed by atoms with Crippen LogP contribution < -0.4 is 0 Å². The molecule has 1 atom stereocenters. The average molecular weight is 320 g/mol. The summed E-state index contributed by atoms with van der Waals surface area (Å²) in [5, 5.41) is 8.80. The van der Waals surface area contributed by atoms with E-state index in [0.29, 0.717) is 11.2 Å². The van der Waals surface area contributed by atoms with E-state index in [1.807, 2.05) is 37.3 Å². The van der Waals surface area contributed by atoms with Gasteiger partial charge in [0.25, 0.3) is 5.91 Å². The molecule has 1 aromatic carbocycles. The fourth-order valence-electron chi connectivity index (χ4n) is 2.73. The topological polar surface area (TPSA) is 63.6 Å². The van der Waals surface area contributed by atoms with Crippen molar-refractivity contribution in [2.24, 2.45) is 0 Å². The van der Waals surface area contributed by atoms with E-state index in [0.717, 1.165) is 16.7 Å². The lowest BCUT2D eigenvalue weighted by Crippen LogP contribution is -2.29. The molecule has 0 N–H and O–H groups in total. The molecular weight excluding hydrogens is 304 g/mol. The fourth-order valence-corrected chi connectivity index (χ4v) is 2.73. The Morgan fingerprint density at radius 2 is 2.08 bits per heavy atom. The van der Waals surface area contributed by atoms with Gasteiger partial charge >= 0.3 is 0 Å². The van der Waals surface area contributed by atoms with E-state index in [9.17, 15) is 4.79 Å². The number of hydrogen-bond donors (Lipinski definition) is 0. The Morgan fingerprint density at radius 1 is 1.25 bits per heavy atom. The van der Waals surface area contributed by atoms with E-state index in [1.165, 1.54) is 0 Å². The normalized spacial score (nSPS) is 12.6. The van der Waals surface area contributed by atoms with Gasteiger partial charge in [-0.05, 0) is 31.2 Å². The fraction of sp³-hybridized carbons (Fsp3) is 0.167. The molecule has 0 unspecified atom stereocenters. The second-order valence-electron chi connectivity index (χ2n) is 5.79. The van der Waals surface area contributed by atoms with E-state index in [-0.39, 0.29) is 11.9 Å². The largest absolute Gasteiger partial charge is 0.459 e. The molecule has 0 bridgehead atoms. The van der Waals surface area contributed by atoms with Crippen molar-refractivity contribution in [1.29, 1.82) is 0 Å². The number of hydrogen-bond acceptors (Lipinski definition) is 4. The number of amides is 1. The van der Waals surface area contributed by atoms with Crippen molar-refractivity contribution in [1.82, 2.24) is 19.5 Å². The quantitative estimate of drug-likeness (QED) is 0.581. The number of furan rings is 1. The zero-order valence-electron chi connectivity index (χ0n) is 13.4. The monoisotopic (exact) mass is 320 g/mol. The number of nitrogens with zero attached hydrogens (tertiary/aromatic N) is 4. The molecule has 3 aromatic heterocycles. The van der Waals surface area contributed by atoms with Crippen molar-refractivity contribution in [3.8, 4) is 0 Å². The molecule has 6 nitrogen and oxygen atoms in total. The molecule has 1 amide bonds. The van der Waals surface area contributed by atoms with Gasteiger partial charge in [-0.25, -0.2) is 0 Å². The average Bonchev–Trinajstić information content (AvgIpc) is 3.25. The second kappa shape index (κ2) is 5.49. The van der Waals surface area contributed by atoms with Crippen molar-refractivity contribution in [2.45, 2.75) is 13.0 Å². The number of pyridine rings is 1. The number of carbonyl (C=O) groups is 1. The van der Waals surface area contributed by atoms with Gasteiger partial charge in [-0.15, -0.1) is 10.2 Å². The van der Waals surface area contributed by atoms with Crippen LogP contribution in [-0.2, 0) is 0 Å². The summed E-state index contributed by atoms with van der Waals surface area (Å²) in [6.45, 7) is 1.95. The van der Waals surface area contributed by atoms with Gasteiger partial charge in [-0.1, -0.05) is 18.2 Å². The highest BCUT2D eigenvalue weighted by Crippen LogP contribution is 2.27. The number of aromatic nitrogens is 3. The zero-order valence-corrected chi connectivity index (χ0v) is 13.4. The van der Waals surface area contributed by atoms with E-state index < -0.39 is 0 Å². The first-order chi connectivity index (χ1) is 11.6. The summed E-state index contributed by atoms with van der Waals surface area (Å²) in [6, 6.07) is 13.2. The van der Waals surface area contributed by atoms with Gasteiger partial charge in [0.05, 0.1) is 11.6 Å². The van der Waals surface area contributed by atoms with E-state index in [2.05, 4.69) is 10.2 Å². The van der Waals surface area contributed by atoms with E-state index in [1.54, 1.807) is 41.0 Å². The highest BCUT2D eigenvalue weighted by Gasteiger charge is 2.22. The molecule has 6 heteroatoms. The molecule has 0 fully saturated rings. The van der Waals surface area contributed by atoms with E-state index in [4.69, 9.17) is 4.42 Å². The van der Waals surface area contributed by atoms with Crippen LogP contribution >= 0.6 is 0 Å². The summed E-state index contributed by atoms with van der Waals surface area (Å²) in [4.78, 5) is 14.4. The van der Waals surface area contributed by atoms with Crippen LogP contribution in [0.4, 0.5) is 0 Å². The standard InChI is InChI=1S/C18H16N4O2/c1-12(16-9-13-5-3-4-6-15(13)24-16)21(2)18(23)14-7-8-17-20-19-11-22(17)10-14/h3-12H,1-2H3/t12-/m0/s1. The van der Waals surface area contributed by atoms with Gasteiger partial charge < -0.3 is 9.32 Å². The summed E-state index contributed by atoms with van der Waals surface area (Å²) in [7, 11) is 1.77. The van der Waals surface area contributed by atoms with Crippen LogP contribution in [0.1, 0.15) is 29.1 Å². The number of para-hydroxylation sites is 1. The third-order valence-electron chi connectivity index (χ3n) is 4.30. The molecule has 0 aliphatic rings. The Bertz CT molecular complexity index is 1000. The minimum absolute atomic E-state index is 0.0847. The van der Waals surface area contributed by atoms with Gasteiger partial charge in [-0.2, -0.15) is 0 Å². The lowest BCUT2D eigenvalue weighted by Gasteiger charge is -2.23. The van der Waals surface area contributed by atoms with Crippen LogP contribution in [0.5, 0.6) is 0 Å². The number of rotatable bonds is 3. The van der Waals surface area contributed by atoms with Gasteiger partial charge in [0.15, 0.2) is 5.65 Å². The van der Waals surface area contributed by atoms with Crippen LogP contribution in [0.3, 0.4) is 0 Å². The van der Waals surface area contributed by atoms with Crippen LogP contribution in [0, 0.1) is 0 Å². The third kappa shape index (κ3) is 2.32. The van der Waals surface area contributed by atoms with Gasteiger partial charge in [0.1, 0.15) is 17.7 Å². The Balaban J connectivity index is 1.63. The molecular formula is C18H16N4O2. The van der Waals surface area contributed by atoms with Crippen molar-refractivity contribution in [3.05, 3.63) is 66.3 Å². The molecule has 120 valence electrons. The Hall–Kier alpha value is -3.15. The minimum Gasteiger partial charge on any atom is -0.459 e. The molecule has 4 rings (SSSR count). The SMILES string of the molecule is C[C@@H](c1cc2ccccc2o1)N(C)C(=O)c1ccc2nncn2c1. The van der Waals surface area contributed by atoms with Crippen LogP contribution in [0.25, 0.3) is 16.6 Å². The van der Waals surface area contributed by atoms with Gasteiger partial charge in [0.2, 0.25) is 0 Å². The molecule has 0 aliphatic carbocycles. The predicted octanol–water partition coefficient (Wildman–Crippen LogP) is 3.31. The summed E-state index contributed by atoms with van der Waals surface area (Å²) in [6.07, 6.45) is 3.31. The number of carbonyl (C=O) groups excluding carboxylic acids is 1. The zero-order chi connectivity index (χ0) is 16.7. The summed E-state index contributed by atoms with van der Waals surface area (Å²) in [5.41, 5.74) is 2.11.